The second-order valence-electron chi connectivity index (χ2n) is 4.33. The highest BCUT2D eigenvalue weighted by molar-refractivity contribution is 5.53. The normalized spacial score (nSPS) is 15.1. The van der Waals surface area contributed by atoms with Gasteiger partial charge in [0.2, 0.25) is 0 Å². The van der Waals surface area contributed by atoms with Gasteiger partial charge in [-0.05, 0) is 18.9 Å². The van der Waals surface area contributed by atoms with Crippen LogP contribution in [-0.2, 0) is 6.54 Å². The Morgan fingerprint density at radius 2 is 2.18 bits per heavy atom. The zero-order valence-corrected chi connectivity index (χ0v) is 9.58. The molecule has 3 rings (SSSR count). The molecule has 2 aromatic heterocycles. The fourth-order valence-corrected chi connectivity index (χ4v) is 2.00. The van der Waals surface area contributed by atoms with E-state index in [2.05, 4.69) is 21.1 Å². The third-order valence-electron chi connectivity index (χ3n) is 2.97. The quantitative estimate of drug-likeness (QED) is 0.854. The second kappa shape index (κ2) is 4.25. The molecular weight excluding hydrogens is 214 g/mol. The lowest BCUT2D eigenvalue weighted by molar-refractivity contribution is 0.596. The summed E-state index contributed by atoms with van der Waals surface area (Å²) in [6.45, 7) is 1.38. The topological polar surface area (TPSA) is 69.6 Å². The Bertz CT molecular complexity index is 501. The molecule has 0 radical (unpaired) electrons. The summed E-state index contributed by atoms with van der Waals surface area (Å²) in [4.78, 5) is 8.34. The average Bonchev–Trinajstić information content (AvgIpc) is 3.13. The van der Waals surface area contributed by atoms with Crippen molar-refractivity contribution in [2.24, 2.45) is 5.73 Å². The van der Waals surface area contributed by atoms with Crippen LogP contribution in [-0.4, -0.2) is 26.3 Å². The van der Waals surface area contributed by atoms with Crippen molar-refractivity contribution in [2.75, 3.05) is 6.54 Å². The van der Waals surface area contributed by atoms with Gasteiger partial charge in [0.1, 0.15) is 11.4 Å². The molecule has 0 amide bonds. The number of hydrogen-bond acceptors (Lipinski definition) is 4. The molecule has 1 fully saturated rings. The highest BCUT2D eigenvalue weighted by Crippen LogP contribution is 2.41. The van der Waals surface area contributed by atoms with Gasteiger partial charge < -0.3 is 5.73 Å². The molecule has 17 heavy (non-hydrogen) atoms. The molecule has 88 valence electrons. The van der Waals surface area contributed by atoms with Gasteiger partial charge in [-0.3, -0.25) is 14.6 Å². The molecule has 0 bridgehead atoms. The van der Waals surface area contributed by atoms with Gasteiger partial charge in [-0.2, -0.15) is 5.10 Å². The first kappa shape index (κ1) is 10.4. The van der Waals surface area contributed by atoms with Crippen molar-refractivity contribution in [1.82, 2.24) is 19.7 Å². The fraction of sp³-hybridized carbons (Fsp3) is 0.417. The summed E-state index contributed by atoms with van der Waals surface area (Å²) in [6.07, 6.45) is 7.62. The number of aromatic nitrogens is 4. The summed E-state index contributed by atoms with van der Waals surface area (Å²) in [5, 5.41) is 4.57. The first-order valence-electron chi connectivity index (χ1n) is 5.92. The first-order valence-corrected chi connectivity index (χ1v) is 5.92. The van der Waals surface area contributed by atoms with Crippen LogP contribution in [0.3, 0.4) is 0 Å². The van der Waals surface area contributed by atoms with Crippen molar-refractivity contribution in [3.63, 3.8) is 0 Å². The van der Waals surface area contributed by atoms with E-state index in [1.807, 2.05) is 4.68 Å². The van der Waals surface area contributed by atoms with Gasteiger partial charge in [0.15, 0.2) is 0 Å². The summed E-state index contributed by atoms with van der Waals surface area (Å²) in [6, 6.07) is 2.12. The first-order chi connectivity index (χ1) is 8.38. The summed E-state index contributed by atoms with van der Waals surface area (Å²) < 4.78 is 2.02. The largest absolute Gasteiger partial charge is 0.329 e. The molecule has 0 unspecified atom stereocenters. The number of rotatable bonds is 4. The zero-order valence-electron chi connectivity index (χ0n) is 9.58. The SMILES string of the molecule is NCCn1nc(-c2cnccn2)cc1C1CC1. The van der Waals surface area contributed by atoms with Gasteiger partial charge >= 0.3 is 0 Å². The van der Waals surface area contributed by atoms with Crippen molar-refractivity contribution in [2.45, 2.75) is 25.3 Å². The minimum absolute atomic E-state index is 0.612. The Morgan fingerprint density at radius 3 is 2.82 bits per heavy atom. The molecule has 0 saturated heterocycles. The van der Waals surface area contributed by atoms with Crippen molar-refractivity contribution in [3.8, 4) is 11.4 Å². The number of nitrogens with zero attached hydrogens (tertiary/aromatic N) is 4. The molecule has 2 N–H and O–H groups in total. The highest BCUT2D eigenvalue weighted by Gasteiger charge is 2.28. The molecular formula is C12H15N5. The Hall–Kier alpha value is -1.75. The summed E-state index contributed by atoms with van der Waals surface area (Å²) >= 11 is 0. The van der Waals surface area contributed by atoms with Gasteiger partial charge in [-0.1, -0.05) is 0 Å². The van der Waals surface area contributed by atoms with Crippen LogP contribution in [0.1, 0.15) is 24.5 Å². The molecule has 5 heteroatoms. The van der Waals surface area contributed by atoms with E-state index in [0.717, 1.165) is 17.9 Å². The Morgan fingerprint density at radius 1 is 1.29 bits per heavy atom. The van der Waals surface area contributed by atoms with E-state index in [-0.39, 0.29) is 0 Å². The predicted octanol–water partition coefficient (Wildman–Crippen LogP) is 1.18. The maximum absolute atomic E-state index is 5.61. The van der Waals surface area contributed by atoms with Gasteiger partial charge in [0.25, 0.3) is 0 Å². The van der Waals surface area contributed by atoms with Crippen molar-refractivity contribution in [1.29, 1.82) is 0 Å². The van der Waals surface area contributed by atoms with E-state index in [0.29, 0.717) is 12.5 Å². The summed E-state index contributed by atoms with van der Waals surface area (Å²) in [5.74, 6) is 0.666. The predicted molar refractivity (Wildman–Crippen MR) is 64.3 cm³/mol. The van der Waals surface area contributed by atoms with E-state index < -0.39 is 0 Å². The van der Waals surface area contributed by atoms with Gasteiger partial charge in [-0.15, -0.1) is 0 Å². The minimum Gasteiger partial charge on any atom is -0.329 e. The Balaban J connectivity index is 1.98. The molecule has 0 atom stereocenters. The smallest absolute Gasteiger partial charge is 0.113 e. The van der Waals surface area contributed by atoms with Crippen LogP contribution in [0.25, 0.3) is 11.4 Å². The molecule has 2 heterocycles. The summed E-state index contributed by atoms with van der Waals surface area (Å²) in [7, 11) is 0. The van der Waals surface area contributed by atoms with Gasteiger partial charge in [0, 0.05) is 30.6 Å². The van der Waals surface area contributed by atoms with E-state index in [9.17, 15) is 0 Å². The Kier molecular flexibility index (Phi) is 2.60. The second-order valence-corrected chi connectivity index (χ2v) is 4.33. The number of nitrogens with two attached hydrogens (primary N) is 1. The molecule has 1 aliphatic carbocycles. The van der Waals surface area contributed by atoms with E-state index in [1.54, 1.807) is 18.6 Å². The van der Waals surface area contributed by atoms with Gasteiger partial charge in [0.05, 0.1) is 12.7 Å². The molecule has 1 aliphatic rings. The minimum atomic E-state index is 0.612. The molecule has 0 spiro atoms. The van der Waals surface area contributed by atoms with Crippen LogP contribution in [0.5, 0.6) is 0 Å². The van der Waals surface area contributed by atoms with Gasteiger partial charge in [-0.25, -0.2) is 0 Å². The number of hydrogen-bond donors (Lipinski definition) is 1. The van der Waals surface area contributed by atoms with Crippen LogP contribution in [0, 0.1) is 0 Å². The van der Waals surface area contributed by atoms with Crippen LogP contribution in [0.15, 0.2) is 24.7 Å². The summed E-state index contributed by atoms with van der Waals surface area (Å²) in [5.41, 5.74) is 8.62. The van der Waals surface area contributed by atoms with Crippen molar-refractivity contribution >= 4 is 0 Å². The lowest BCUT2D eigenvalue weighted by Crippen LogP contribution is -2.13. The maximum atomic E-state index is 5.61. The third-order valence-corrected chi connectivity index (χ3v) is 2.97. The van der Waals surface area contributed by atoms with Crippen molar-refractivity contribution < 1.29 is 0 Å². The van der Waals surface area contributed by atoms with Crippen LogP contribution >= 0.6 is 0 Å². The van der Waals surface area contributed by atoms with Crippen LogP contribution < -0.4 is 5.73 Å². The zero-order chi connectivity index (χ0) is 11.7. The molecule has 0 aliphatic heterocycles. The fourth-order valence-electron chi connectivity index (χ4n) is 2.00. The average molecular weight is 229 g/mol. The highest BCUT2D eigenvalue weighted by atomic mass is 15.3. The molecule has 2 aromatic rings. The van der Waals surface area contributed by atoms with Crippen LogP contribution in [0.4, 0.5) is 0 Å². The third kappa shape index (κ3) is 2.06. The Labute approximate surface area is 99.7 Å². The standard InChI is InChI=1S/C12H15N5/c13-3-6-17-12(9-1-2-9)7-10(16-17)11-8-14-4-5-15-11/h4-5,7-9H,1-3,6,13H2. The molecule has 0 aromatic carbocycles. The maximum Gasteiger partial charge on any atom is 0.113 e. The lowest BCUT2D eigenvalue weighted by Gasteiger charge is -2.03. The van der Waals surface area contributed by atoms with E-state index in [4.69, 9.17) is 5.73 Å². The monoisotopic (exact) mass is 229 g/mol. The van der Waals surface area contributed by atoms with Crippen molar-refractivity contribution in [3.05, 3.63) is 30.4 Å². The lowest BCUT2D eigenvalue weighted by atomic mass is 10.2. The van der Waals surface area contributed by atoms with E-state index in [1.165, 1.54) is 18.5 Å². The molecule has 1 saturated carbocycles. The van der Waals surface area contributed by atoms with Crippen LogP contribution in [0.2, 0.25) is 0 Å². The molecule has 5 nitrogen and oxygen atoms in total. The van der Waals surface area contributed by atoms with E-state index >= 15 is 0 Å².